The molecule has 0 unspecified atom stereocenters. The number of hydrogen-bond donors (Lipinski definition) is 0. The minimum Gasteiger partial charge on any atom is -0.297 e. The molecule has 0 saturated heterocycles. The summed E-state index contributed by atoms with van der Waals surface area (Å²) in [5.74, 6) is -0.119. The van der Waals surface area contributed by atoms with Gasteiger partial charge in [-0.15, -0.1) is 0 Å². The van der Waals surface area contributed by atoms with Crippen molar-refractivity contribution in [1.29, 1.82) is 0 Å². The predicted octanol–water partition coefficient (Wildman–Crippen LogP) is 1.87. The Morgan fingerprint density at radius 2 is 2.00 bits per heavy atom. The summed E-state index contributed by atoms with van der Waals surface area (Å²) >= 11 is 8.67. The first kappa shape index (κ1) is 15.7. The molecule has 18 heavy (non-hydrogen) atoms. The number of aromatic nitrogens is 2. The van der Waals surface area contributed by atoms with Crippen LogP contribution >= 0.6 is 27.5 Å². The minimum absolute atomic E-state index is 0.0568. The molecular weight excluding hydrogens is 344 g/mol. The van der Waals surface area contributed by atoms with Crippen molar-refractivity contribution in [1.82, 2.24) is 9.55 Å². The molecule has 0 spiro atoms. The third kappa shape index (κ3) is 3.33. The molecule has 0 radical (unpaired) electrons. The first-order valence-electron chi connectivity index (χ1n) is 5.19. The van der Waals surface area contributed by atoms with Crippen molar-refractivity contribution in [3.8, 4) is 0 Å². The van der Waals surface area contributed by atoms with Crippen LogP contribution in [0.25, 0.3) is 0 Å². The van der Waals surface area contributed by atoms with Gasteiger partial charge in [0, 0.05) is 6.54 Å². The van der Waals surface area contributed by atoms with Crippen LogP contribution in [0.3, 0.4) is 0 Å². The molecular formula is C10H14BrClN2O3S. The lowest BCUT2D eigenvalue weighted by Gasteiger charge is -2.19. The maximum atomic E-state index is 11.9. The van der Waals surface area contributed by atoms with Gasteiger partial charge in [0.2, 0.25) is 0 Å². The van der Waals surface area contributed by atoms with E-state index in [1.807, 2.05) is 0 Å². The van der Waals surface area contributed by atoms with Gasteiger partial charge in [0.15, 0.2) is 15.0 Å². The lowest BCUT2D eigenvalue weighted by Crippen LogP contribution is -2.34. The Hall–Kier alpha value is -0.400. The number of nitrogens with zero attached hydrogens (tertiary/aromatic N) is 2. The van der Waals surface area contributed by atoms with E-state index in [0.717, 1.165) is 0 Å². The fourth-order valence-electron chi connectivity index (χ4n) is 1.13. The summed E-state index contributed by atoms with van der Waals surface area (Å²) in [7, 11) is -3.27. The highest BCUT2D eigenvalue weighted by Gasteiger charge is 2.28. The van der Waals surface area contributed by atoms with Crippen LogP contribution in [-0.4, -0.2) is 28.5 Å². The van der Waals surface area contributed by atoms with Crippen LogP contribution in [-0.2, 0) is 16.4 Å². The van der Waals surface area contributed by atoms with Crippen molar-refractivity contribution in [2.45, 2.75) is 32.1 Å². The van der Waals surface area contributed by atoms with Crippen molar-refractivity contribution in [2.75, 3.05) is 5.75 Å². The number of hydrogen-bond acceptors (Lipinski definition) is 4. The third-order valence-corrected chi connectivity index (χ3v) is 6.29. The van der Waals surface area contributed by atoms with E-state index < -0.39 is 14.6 Å². The first-order valence-corrected chi connectivity index (χ1v) is 8.01. The summed E-state index contributed by atoms with van der Waals surface area (Å²) in [6.45, 7) is 4.94. The van der Waals surface area contributed by atoms with Crippen molar-refractivity contribution in [2.24, 2.45) is 0 Å². The molecule has 0 atom stereocenters. The van der Waals surface area contributed by atoms with E-state index in [1.54, 1.807) is 20.8 Å². The van der Waals surface area contributed by atoms with Crippen LogP contribution in [0.4, 0.5) is 0 Å². The van der Waals surface area contributed by atoms with E-state index in [2.05, 4.69) is 20.9 Å². The Labute approximate surface area is 119 Å². The molecule has 102 valence electrons. The van der Waals surface area contributed by atoms with Crippen molar-refractivity contribution in [3.63, 3.8) is 0 Å². The Morgan fingerprint density at radius 1 is 1.44 bits per heavy atom. The van der Waals surface area contributed by atoms with Crippen LogP contribution in [0.1, 0.15) is 20.8 Å². The molecule has 0 aromatic carbocycles. The summed E-state index contributed by atoms with van der Waals surface area (Å²) < 4.78 is 24.4. The zero-order valence-corrected chi connectivity index (χ0v) is 13.4. The zero-order chi connectivity index (χ0) is 14.1. The van der Waals surface area contributed by atoms with E-state index in [-0.39, 0.29) is 27.5 Å². The van der Waals surface area contributed by atoms with E-state index in [9.17, 15) is 13.2 Å². The summed E-state index contributed by atoms with van der Waals surface area (Å²) in [5, 5.41) is 0.0647. The smallest absolute Gasteiger partial charge is 0.269 e. The number of aryl methyl sites for hydroxylation is 1. The predicted molar refractivity (Wildman–Crippen MR) is 74.7 cm³/mol. The summed E-state index contributed by atoms with van der Waals surface area (Å²) in [6, 6.07) is 0. The molecule has 0 fully saturated rings. The van der Waals surface area contributed by atoms with Crippen LogP contribution < -0.4 is 5.56 Å². The average molecular weight is 358 g/mol. The molecule has 0 aliphatic rings. The quantitative estimate of drug-likeness (QED) is 0.774. The third-order valence-electron chi connectivity index (χ3n) is 2.47. The van der Waals surface area contributed by atoms with Gasteiger partial charge >= 0.3 is 0 Å². The van der Waals surface area contributed by atoms with Gasteiger partial charge in [-0.25, -0.2) is 13.4 Å². The van der Waals surface area contributed by atoms with E-state index in [0.29, 0.717) is 0 Å². The molecule has 0 aliphatic heterocycles. The lowest BCUT2D eigenvalue weighted by atomic mass is 10.3. The molecule has 1 rings (SSSR count). The highest BCUT2D eigenvalue weighted by molar-refractivity contribution is 9.10. The molecule has 0 aliphatic carbocycles. The fraction of sp³-hybridized carbons (Fsp3) is 0.600. The van der Waals surface area contributed by atoms with E-state index >= 15 is 0 Å². The Balaban J connectivity index is 2.97. The largest absolute Gasteiger partial charge is 0.297 e. The Morgan fingerprint density at radius 3 is 2.50 bits per heavy atom. The Kier molecular flexibility index (Phi) is 4.61. The zero-order valence-electron chi connectivity index (χ0n) is 10.3. The maximum absolute atomic E-state index is 11.9. The number of sulfone groups is 1. The minimum atomic E-state index is -3.27. The molecule has 0 N–H and O–H groups in total. The SMILES string of the molecule is CC(C)(C)S(=O)(=O)CCn1cnc(Cl)c(Br)c1=O. The fourth-order valence-corrected chi connectivity index (χ4v) is 2.63. The lowest BCUT2D eigenvalue weighted by molar-refractivity contribution is 0.551. The second-order valence-corrected chi connectivity index (χ2v) is 8.79. The second-order valence-electron chi connectivity index (χ2n) is 4.78. The number of rotatable bonds is 3. The van der Waals surface area contributed by atoms with Gasteiger partial charge in [-0.3, -0.25) is 9.36 Å². The van der Waals surface area contributed by atoms with E-state index in [1.165, 1.54) is 10.9 Å². The molecule has 0 saturated carbocycles. The average Bonchev–Trinajstić information content (AvgIpc) is 2.23. The van der Waals surface area contributed by atoms with Gasteiger partial charge < -0.3 is 0 Å². The molecule has 1 heterocycles. The summed E-state index contributed by atoms with van der Waals surface area (Å²) in [4.78, 5) is 15.5. The molecule has 1 aromatic heterocycles. The van der Waals surface area contributed by atoms with Gasteiger partial charge in [0.25, 0.3) is 5.56 Å². The van der Waals surface area contributed by atoms with E-state index in [4.69, 9.17) is 11.6 Å². The van der Waals surface area contributed by atoms with Gasteiger partial charge in [-0.2, -0.15) is 0 Å². The molecule has 1 aromatic rings. The Bertz CT molecular complexity index is 605. The number of halogens is 2. The molecule has 8 heteroatoms. The molecule has 0 bridgehead atoms. The van der Waals surface area contributed by atoms with Gasteiger partial charge in [0.1, 0.15) is 4.47 Å². The van der Waals surface area contributed by atoms with Gasteiger partial charge in [-0.05, 0) is 36.7 Å². The van der Waals surface area contributed by atoms with Crippen molar-refractivity contribution < 1.29 is 8.42 Å². The van der Waals surface area contributed by atoms with Crippen LogP contribution in [0, 0.1) is 0 Å². The van der Waals surface area contributed by atoms with Gasteiger partial charge in [-0.1, -0.05) is 11.6 Å². The second kappa shape index (κ2) is 5.30. The van der Waals surface area contributed by atoms with Crippen LogP contribution in [0.15, 0.2) is 15.6 Å². The summed E-state index contributed by atoms with van der Waals surface area (Å²) in [5.41, 5.74) is -0.390. The van der Waals surface area contributed by atoms with Crippen molar-refractivity contribution >= 4 is 37.4 Å². The molecule has 5 nitrogen and oxygen atoms in total. The normalized spacial score (nSPS) is 12.7. The summed E-state index contributed by atoms with van der Waals surface area (Å²) in [6.07, 6.45) is 1.24. The van der Waals surface area contributed by atoms with Crippen molar-refractivity contribution in [3.05, 3.63) is 26.3 Å². The highest BCUT2D eigenvalue weighted by Crippen LogP contribution is 2.17. The standard InChI is InChI=1S/C10H14BrClN2O3S/c1-10(2,3)18(16,17)5-4-14-6-13-8(12)7(11)9(14)15/h6H,4-5H2,1-3H3. The first-order chi connectivity index (χ1) is 8.06. The maximum Gasteiger partial charge on any atom is 0.269 e. The van der Waals surface area contributed by atoms with Crippen LogP contribution in [0.5, 0.6) is 0 Å². The van der Waals surface area contributed by atoms with Gasteiger partial charge in [0.05, 0.1) is 16.8 Å². The highest BCUT2D eigenvalue weighted by atomic mass is 79.9. The van der Waals surface area contributed by atoms with Crippen LogP contribution in [0.2, 0.25) is 5.15 Å². The topological polar surface area (TPSA) is 69.0 Å². The monoisotopic (exact) mass is 356 g/mol. The molecule has 0 amide bonds.